The highest BCUT2D eigenvalue weighted by atomic mass is 15.1. The number of nitrogens with one attached hydrogen (secondary N) is 2. The van der Waals surface area contributed by atoms with Gasteiger partial charge in [0.25, 0.3) is 0 Å². The van der Waals surface area contributed by atoms with Gasteiger partial charge in [0.2, 0.25) is 0 Å². The van der Waals surface area contributed by atoms with E-state index in [0.29, 0.717) is 11.8 Å². The summed E-state index contributed by atoms with van der Waals surface area (Å²) in [6.45, 7) is 14.1. The Hall–Kier alpha value is -3.50. The third-order valence-electron chi connectivity index (χ3n) is 8.08. The molecule has 0 spiro atoms. The van der Waals surface area contributed by atoms with Gasteiger partial charge in [-0.05, 0) is 112 Å². The van der Waals surface area contributed by atoms with Gasteiger partial charge < -0.3 is 5.32 Å². The summed E-state index contributed by atoms with van der Waals surface area (Å²) in [6, 6.07) is 6.05. The normalized spacial score (nSPS) is 24.4. The Morgan fingerprint density at radius 3 is 2.74 bits per heavy atom. The third-order valence-corrected chi connectivity index (χ3v) is 8.08. The van der Waals surface area contributed by atoms with Crippen LogP contribution in [0.1, 0.15) is 63.1 Å². The molecular weight excluding hydrogens is 476 g/mol. The number of aromatic nitrogens is 3. The van der Waals surface area contributed by atoms with Crippen LogP contribution in [0.25, 0.3) is 17.0 Å². The lowest BCUT2D eigenvalue weighted by molar-refractivity contribution is 0.493. The number of allylic oxidation sites excluding steroid dienone is 12. The van der Waals surface area contributed by atoms with Gasteiger partial charge in [0, 0.05) is 11.3 Å². The molecule has 2 aliphatic rings. The largest absolute Gasteiger partial charge is 0.320 e. The van der Waals surface area contributed by atoms with Crippen molar-refractivity contribution in [2.24, 2.45) is 11.8 Å². The van der Waals surface area contributed by atoms with Crippen molar-refractivity contribution < 1.29 is 0 Å². The monoisotopic (exact) mass is 520 g/mol. The van der Waals surface area contributed by atoms with Crippen LogP contribution in [0.15, 0.2) is 102 Å². The standard InChI is InChI=1S/C35H44N4/c1-6-28(30-14-8-13-29(20-21-30)25(2)11-10-22-36-5)23-32-16-9-15-31(19-18-26(32)3)33-24-37-39-35(33)34-17-7-12-27(4)38-34/h6-7,9,12,15-19,23-24,29-30,36H,2-3,8,10-11,13-14,20-22H2,1,4-5H3,(H,37,39)/b16-9+,19-18-,28-6+,31-15-,32-23-. The Morgan fingerprint density at radius 1 is 1.13 bits per heavy atom. The van der Waals surface area contributed by atoms with Gasteiger partial charge in [-0.15, -0.1) is 0 Å². The van der Waals surface area contributed by atoms with Crippen LogP contribution < -0.4 is 5.32 Å². The van der Waals surface area contributed by atoms with E-state index >= 15 is 0 Å². The average Bonchev–Trinajstić information content (AvgIpc) is 3.28. The molecule has 2 atom stereocenters. The van der Waals surface area contributed by atoms with Crippen molar-refractivity contribution in [2.75, 3.05) is 13.6 Å². The highest BCUT2D eigenvalue weighted by Gasteiger charge is 2.22. The molecule has 0 bridgehead atoms. The molecule has 2 heterocycles. The van der Waals surface area contributed by atoms with E-state index in [1.165, 1.54) is 55.2 Å². The second-order valence-corrected chi connectivity index (χ2v) is 10.8. The quantitative estimate of drug-likeness (QED) is 0.198. The number of aryl methyl sites for hydroxylation is 1. The summed E-state index contributed by atoms with van der Waals surface area (Å²) >= 11 is 0. The molecule has 0 aromatic carbocycles. The first-order chi connectivity index (χ1) is 19.0. The van der Waals surface area contributed by atoms with E-state index in [-0.39, 0.29) is 0 Å². The summed E-state index contributed by atoms with van der Waals surface area (Å²) in [6.07, 6.45) is 25.8. The second kappa shape index (κ2) is 14.0. The van der Waals surface area contributed by atoms with Crippen molar-refractivity contribution in [1.29, 1.82) is 0 Å². The molecule has 0 amide bonds. The molecule has 0 saturated heterocycles. The maximum Gasteiger partial charge on any atom is 0.0912 e. The van der Waals surface area contributed by atoms with Crippen LogP contribution in [0, 0.1) is 18.8 Å². The predicted molar refractivity (Wildman–Crippen MR) is 166 cm³/mol. The molecule has 0 radical (unpaired) electrons. The van der Waals surface area contributed by atoms with Gasteiger partial charge in [-0.2, -0.15) is 5.10 Å². The molecular formula is C35H44N4. The molecule has 4 nitrogen and oxygen atoms in total. The molecule has 4 heteroatoms. The predicted octanol–water partition coefficient (Wildman–Crippen LogP) is 8.47. The zero-order chi connectivity index (χ0) is 27.6. The summed E-state index contributed by atoms with van der Waals surface area (Å²) in [7, 11) is 2.02. The Labute approximate surface area is 235 Å². The Morgan fingerprint density at radius 2 is 1.95 bits per heavy atom. The zero-order valence-electron chi connectivity index (χ0n) is 24.0. The molecule has 1 saturated carbocycles. The number of hydrogen-bond donors (Lipinski definition) is 2. The van der Waals surface area contributed by atoms with Crippen LogP contribution in [-0.2, 0) is 0 Å². The van der Waals surface area contributed by atoms with Crippen LogP contribution in [0.4, 0.5) is 0 Å². The summed E-state index contributed by atoms with van der Waals surface area (Å²) < 4.78 is 0. The SMILES string of the molecule is C=C1\C=C/C(c2cn[nH]c2-c2cccc(C)n2)=C/C=C/C1=C/C(=C\C)C1CCCC(C(=C)CCCNC)CC1. The van der Waals surface area contributed by atoms with E-state index in [1.807, 2.05) is 38.4 Å². The first kappa shape index (κ1) is 28.5. The van der Waals surface area contributed by atoms with Crippen molar-refractivity contribution in [1.82, 2.24) is 20.5 Å². The lowest BCUT2D eigenvalue weighted by atomic mass is 9.86. The summed E-state index contributed by atoms with van der Waals surface area (Å²) in [4.78, 5) is 4.68. The molecule has 0 aliphatic heterocycles. The van der Waals surface area contributed by atoms with Gasteiger partial charge in [-0.1, -0.05) is 73.8 Å². The maximum atomic E-state index is 4.68. The fraction of sp³-hybridized carbons (Fsp3) is 0.371. The average molecular weight is 521 g/mol. The Balaban J connectivity index is 1.48. The molecule has 4 rings (SSSR count). The van der Waals surface area contributed by atoms with Gasteiger partial charge in [0.15, 0.2) is 0 Å². The number of aromatic amines is 1. The van der Waals surface area contributed by atoms with Crippen molar-refractivity contribution in [3.05, 3.63) is 114 Å². The van der Waals surface area contributed by atoms with Gasteiger partial charge in [-0.3, -0.25) is 10.1 Å². The number of rotatable bonds is 9. The van der Waals surface area contributed by atoms with Crippen LogP contribution >= 0.6 is 0 Å². The van der Waals surface area contributed by atoms with Crippen LogP contribution in [0.5, 0.6) is 0 Å². The van der Waals surface area contributed by atoms with Gasteiger partial charge in [0.05, 0.1) is 17.6 Å². The third kappa shape index (κ3) is 7.54. The highest BCUT2D eigenvalue weighted by Crippen LogP contribution is 2.37. The van der Waals surface area contributed by atoms with Crippen LogP contribution in [0.2, 0.25) is 0 Å². The molecule has 2 aromatic heterocycles. The summed E-state index contributed by atoms with van der Waals surface area (Å²) in [5, 5.41) is 10.7. The van der Waals surface area contributed by atoms with E-state index in [0.717, 1.165) is 46.8 Å². The lowest BCUT2D eigenvalue weighted by Crippen LogP contribution is -2.10. The molecule has 39 heavy (non-hydrogen) atoms. The first-order valence-electron chi connectivity index (χ1n) is 14.4. The molecule has 204 valence electrons. The van der Waals surface area contributed by atoms with E-state index in [4.69, 9.17) is 0 Å². The minimum atomic E-state index is 0.592. The maximum absolute atomic E-state index is 4.68. The van der Waals surface area contributed by atoms with Gasteiger partial charge in [0.1, 0.15) is 0 Å². The minimum Gasteiger partial charge on any atom is -0.320 e. The van der Waals surface area contributed by atoms with E-state index in [9.17, 15) is 0 Å². The lowest BCUT2D eigenvalue weighted by Gasteiger charge is -2.19. The van der Waals surface area contributed by atoms with Gasteiger partial charge in [-0.25, -0.2) is 0 Å². The minimum absolute atomic E-state index is 0.592. The van der Waals surface area contributed by atoms with Crippen molar-refractivity contribution in [3.8, 4) is 11.4 Å². The molecule has 2 N–H and O–H groups in total. The second-order valence-electron chi connectivity index (χ2n) is 10.8. The van der Waals surface area contributed by atoms with Crippen molar-refractivity contribution in [3.63, 3.8) is 0 Å². The number of pyridine rings is 1. The van der Waals surface area contributed by atoms with E-state index < -0.39 is 0 Å². The Bertz CT molecular complexity index is 1310. The van der Waals surface area contributed by atoms with Crippen LogP contribution in [-0.4, -0.2) is 28.8 Å². The first-order valence-corrected chi connectivity index (χ1v) is 14.4. The zero-order valence-corrected chi connectivity index (χ0v) is 24.0. The van der Waals surface area contributed by atoms with Gasteiger partial charge >= 0.3 is 0 Å². The van der Waals surface area contributed by atoms with Crippen molar-refractivity contribution in [2.45, 2.75) is 58.8 Å². The fourth-order valence-electron chi connectivity index (χ4n) is 5.76. The molecule has 2 aromatic rings. The summed E-state index contributed by atoms with van der Waals surface area (Å²) in [5.74, 6) is 1.26. The van der Waals surface area contributed by atoms with E-state index in [2.05, 4.69) is 83.1 Å². The van der Waals surface area contributed by atoms with Crippen molar-refractivity contribution >= 4 is 5.57 Å². The Kier molecular flexibility index (Phi) is 10.3. The van der Waals surface area contributed by atoms with E-state index in [1.54, 1.807) is 0 Å². The smallest absolute Gasteiger partial charge is 0.0912 e. The fourth-order valence-corrected chi connectivity index (χ4v) is 5.76. The number of nitrogens with zero attached hydrogens (tertiary/aromatic N) is 2. The molecule has 1 fully saturated rings. The number of hydrogen-bond acceptors (Lipinski definition) is 3. The number of H-pyrrole nitrogens is 1. The highest BCUT2D eigenvalue weighted by molar-refractivity contribution is 5.84. The van der Waals surface area contributed by atoms with Crippen LogP contribution in [0.3, 0.4) is 0 Å². The summed E-state index contributed by atoms with van der Waals surface area (Å²) in [5.41, 5.74) is 9.98. The topological polar surface area (TPSA) is 53.6 Å². The molecule has 2 aliphatic carbocycles. The molecule has 2 unspecified atom stereocenters.